The van der Waals surface area contributed by atoms with Gasteiger partial charge in [-0.05, 0) is 17.7 Å². The van der Waals surface area contributed by atoms with Gasteiger partial charge in [-0.1, -0.05) is 12.1 Å². The van der Waals surface area contributed by atoms with Gasteiger partial charge >= 0.3 is 0 Å². The Bertz CT molecular complexity index is 354. The van der Waals surface area contributed by atoms with E-state index in [4.69, 9.17) is 0 Å². The van der Waals surface area contributed by atoms with Crippen LogP contribution in [0.5, 0.6) is 5.75 Å². The summed E-state index contributed by atoms with van der Waals surface area (Å²) in [6.07, 6.45) is -0.146. The van der Waals surface area contributed by atoms with E-state index in [-0.39, 0.29) is 18.7 Å². The standard InChI is InChI=1S/C11H13F2NO/c12-11(13)4-5-14-7-10(11)8-2-1-3-9(15)6-8/h1-3,6,10,14-15H,4-5,7H2. The highest BCUT2D eigenvalue weighted by Gasteiger charge is 2.42. The summed E-state index contributed by atoms with van der Waals surface area (Å²) in [7, 11) is 0. The lowest BCUT2D eigenvalue weighted by atomic mass is 9.88. The average Bonchev–Trinajstić information content (AvgIpc) is 2.17. The molecule has 0 aliphatic carbocycles. The van der Waals surface area contributed by atoms with Crippen molar-refractivity contribution in [1.82, 2.24) is 5.32 Å². The van der Waals surface area contributed by atoms with E-state index in [0.717, 1.165) is 0 Å². The van der Waals surface area contributed by atoms with Crippen molar-refractivity contribution in [3.05, 3.63) is 29.8 Å². The second-order valence-corrected chi connectivity index (χ2v) is 3.86. The van der Waals surface area contributed by atoms with Crippen LogP contribution in [-0.4, -0.2) is 24.1 Å². The number of nitrogens with one attached hydrogen (secondary N) is 1. The monoisotopic (exact) mass is 213 g/mol. The molecule has 0 spiro atoms. The molecule has 82 valence electrons. The van der Waals surface area contributed by atoms with E-state index in [1.165, 1.54) is 12.1 Å². The van der Waals surface area contributed by atoms with Gasteiger partial charge in [0.2, 0.25) is 0 Å². The van der Waals surface area contributed by atoms with Crippen LogP contribution in [0.15, 0.2) is 24.3 Å². The Morgan fingerprint density at radius 3 is 2.87 bits per heavy atom. The highest BCUT2D eigenvalue weighted by molar-refractivity contribution is 5.31. The third-order valence-corrected chi connectivity index (χ3v) is 2.77. The molecule has 1 fully saturated rings. The predicted molar refractivity (Wildman–Crippen MR) is 53.3 cm³/mol. The molecule has 1 aliphatic rings. The molecule has 2 rings (SSSR count). The largest absolute Gasteiger partial charge is 0.508 e. The number of alkyl halides is 2. The van der Waals surface area contributed by atoms with Crippen LogP contribution in [0.25, 0.3) is 0 Å². The summed E-state index contributed by atoms with van der Waals surface area (Å²) in [5.41, 5.74) is 0.493. The minimum absolute atomic E-state index is 0.0360. The molecule has 1 aliphatic heterocycles. The lowest BCUT2D eigenvalue weighted by Gasteiger charge is -2.32. The normalized spacial score (nSPS) is 25.1. The number of phenols is 1. The minimum Gasteiger partial charge on any atom is -0.508 e. The van der Waals surface area contributed by atoms with Crippen molar-refractivity contribution in [1.29, 1.82) is 0 Å². The van der Waals surface area contributed by atoms with E-state index in [1.807, 2.05) is 0 Å². The van der Waals surface area contributed by atoms with E-state index in [0.29, 0.717) is 12.1 Å². The van der Waals surface area contributed by atoms with E-state index in [1.54, 1.807) is 12.1 Å². The zero-order valence-corrected chi connectivity index (χ0v) is 8.21. The van der Waals surface area contributed by atoms with Crippen molar-refractivity contribution >= 4 is 0 Å². The molecule has 1 aromatic carbocycles. The molecule has 2 nitrogen and oxygen atoms in total. The minimum atomic E-state index is -2.68. The van der Waals surface area contributed by atoms with E-state index >= 15 is 0 Å². The molecule has 0 amide bonds. The topological polar surface area (TPSA) is 32.3 Å². The fourth-order valence-corrected chi connectivity index (χ4v) is 1.93. The first-order valence-corrected chi connectivity index (χ1v) is 4.97. The van der Waals surface area contributed by atoms with Crippen LogP contribution in [0, 0.1) is 0 Å². The molecular formula is C11H13F2NO. The van der Waals surface area contributed by atoms with Gasteiger partial charge in [0, 0.05) is 19.5 Å². The summed E-state index contributed by atoms with van der Waals surface area (Å²) in [6.45, 7) is 0.610. The van der Waals surface area contributed by atoms with E-state index in [2.05, 4.69) is 5.32 Å². The number of aromatic hydroxyl groups is 1. The second kappa shape index (κ2) is 3.77. The Morgan fingerprint density at radius 2 is 2.20 bits per heavy atom. The van der Waals surface area contributed by atoms with Crippen LogP contribution in [0.1, 0.15) is 17.9 Å². The molecule has 15 heavy (non-hydrogen) atoms. The number of piperidine rings is 1. The molecule has 1 atom stereocenters. The maximum Gasteiger partial charge on any atom is 0.257 e. The van der Waals surface area contributed by atoms with Gasteiger partial charge in [-0.15, -0.1) is 0 Å². The summed E-state index contributed by atoms with van der Waals surface area (Å²) in [4.78, 5) is 0. The average molecular weight is 213 g/mol. The van der Waals surface area contributed by atoms with Crippen LogP contribution in [0.4, 0.5) is 8.78 Å². The molecule has 0 saturated carbocycles. The number of hydrogen-bond donors (Lipinski definition) is 2. The zero-order chi connectivity index (χ0) is 10.9. The Hall–Kier alpha value is -1.16. The van der Waals surface area contributed by atoms with Crippen molar-refractivity contribution in [2.75, 3.05) is 13.1 Å². The molecule has 1 saturated heterocycles. The van der Waals surface area contributed by atoms with Gasteiger partial charge in [-0.25, -0.2) is 8.78 Å². The van der Waals surface area contributed by atoms with Crippen molar-refractivity contribution in [3.63, 3.8) is 0 Å². The fraction of sp³-hybridized carbons (Fsp3) is 0.455. The molecule has 0 radical (unpaired) electrons. The van der Waals surface area contributed by atoms with Crippen LogP contribution >= 0.6 is 0 Å². The molecule has 1 heterocycles. The first-order chi connectivity index (χ1) is 7.09. The van der Waals surface area contributed by atoms with Crippen LogP contribution < -0.4 is 5.32 Å². The Labute approximate surface area is 86.9 Å². The van der Waals surface area contributed by atoms with Crippen LogP contribution in [0.2, 0.25) is 0 Å². The number of halogens is 2. The van der Waals surface area contributed by atoms with Gasteiger partial charge in [0.25, 0.3) is 5.92 Å². The maximum atomic E-state index is 13.6. The van der Waals surface area contributed by atoms with Gasteiger partial charge in [0.05, 0.1) is 5.92 Å². The molecular weight excluding hydrogens is 200 g/mol. The lowest BCUT2D eigenvalue weighted by Crippen LogP contribution is -2.42. The third-order valence-electron chi connectivity index (χ3n) is 2.77. The van der Waals surface area contributed by atoms with Crippen LogP contribution in [-0.2, 0) is 0 Å². The summed E-state index contributed by atoms with van der Waals surface area (Å²) >= 11 is 0. The predicted octanol–water partition coefficient (Wildman–Crippen LogP) is 2.10. The smallest absolute Gasteiger partial charge is 0.257 e. The quantitative estimate of drug-likeness (QED) is 0.748. The molecule has 0 aromatic heterocycles. The van der Waals surface area contributed by atoms with Crippen LogP contribution in [0.3, 0.4) is 0 Å². The summed E-state index contributed by atoms with van der Waals surface area (Å²) in [5.74, 6) is -3.48. The zero-order valence-electron chi connectivity index (χ0n) is 8.21. The maximum absolute atomic E-state index is 13.6. The first kappa shape index (κ1) is 10.4. The number of rotatable bonds is 1. The lowest BCUT2D eigenvalue weighted by molar-refractivity contribution is -0.0479. The number of phenolic OH excluding ortho intramolecular Hbond substituents is 1. The number of benzene rings is 1. The summed E-state index contributed by atoms with van der Waals surface area (Å²) in [5, 5.41) is 12.2. The third kappa shape index (κ3) is 2.09. The molecule has 0 bridgehead atoms. The van der Waals surface area contributed by atoms with Gasteiger partial charge in [-0.3, -0.25) is 0 Å². The first-order valence-electron chi connectivity index (χ1n) is 4.97. The second-order valence-electron chi connectivity index (χ2n) is 3.86. The van der Waals surface area contributed by atoms with E-state index < -0.39 is 11.8 Å². The van der Waals surface area contributed by atoms with Crippen molar-refractivity contribution in [3.8, 4) is 5.75 Å². The van der Waals surface area contributed by atoms with Gasteiger partial charge < -0.3 is 10.4 Å². The molecule has 2 N–H and O–H groups in total. The van der Waals surface area contributed by atoms with Crippen molar-refractivity contribution in [2.24, 2.45) is 0 Å². The van der Waals surface area contributed by atoms with Gasteiger partial charge in [-0.2, -0.15) is 0 Å². The Kier molecular flexibility index (Phi) is 2.61. The van der Waals surface area contributed by atoms with Crippen molar-refractivity contribution in [2.45, 2.75) is 18.3 Å². The number of hydrogen-bond acceptors (Lipinski definition) is 2. The highest BCUT2D eigenvalue weighted by atomic mass is 19.3. The molecule has 1 unspecified atom stereocenters. The van der Waals surface area contributed by atoms with Gasteiger partial charge in [0.1, 0.15) is 5.75 Å². The SMILES string of the molecule is Oc1cccc(C2CNCCC2(F)F)c1. The highest BCUT2D eigenvalue weighted by Crippen LogP contribution is 2.38. The Balaban J connectivity index is 2.29. The summed E-state index contributed by atoms with van der Waals surface area (Å²) < 4.78 is 27.1. The molecule has 1 aromatic rings. The fourth-order valence-electron chi connectivity index (χ4n) is 1.93. The van der Waals surface area contributed by atoms with E-state index in [9.17, 15) is 13.9 Å². The van der Waals surface area contributed by atoms with Gasteiger partial charge in [0.15, 0.2) is 0 Å². The summed E-state index contributed by atoms with van der Waals surface area (Å²) in [6, 6.07) is 6.12. The Morgan fingerprint density at radius 1 is 1.40 bits per heavy atom. The van der Waals surface area contributed by atoms with Crippen molar-refractivity contribution < 1.29 is 13.9 Å². The molecule has 4 heteroatoms.